The molecule has 0 spiro atoms. The van der Waals surface area contributed by atoms with Crippen molar-refractivity contribution in [1.82, 2.24) is 25.6 Å². The summed E-state index contributed by atoms with van der Waals surface area (Å²) in [5.74, 6) is 0.436. The fourth-order valence-corrected chi connectivity index (χ4v) is 3.45. The van der Waals surface area contributed by atoms with Crippen molar-refractivity contribution in [1.29, 1.82) is 0 Å². The van der Waals surface area contributed by atoms with Crippen molar-refractivity contribution in [3.63, 3.8) is 0 Å². The molecule has 1 fully saturated rings. The van der Waals surface area contributed by atoms with Crippen LogP contribution >= 0.6 is 0 Å². The predicted molar refractivity (Wildman–Crippen MR) is 97.7 cm³/mol. The van der Waals surface area contributed by atoms with E-state index in [9.17, 15) is 9.59 Å². The molecular formula is C18H27N5O4. The largest absolute Gasteiger partial charge is 0.463 e. The first-order valence-electron chi connectivity index (χ1n) is 9.30. The van der Waals surface area contributed by atoms with E-state index in [4.69, 9.17) is 9.26 Å². The Labute approximate surface area is 158 Å². The first-order chi connectivity index (χ1) is 13.0. The number of carbonyl (C=O) groups excluding carboxylic acids is 2. The summed E-state index contributed by atoms with van der Waals surface area (Å²) in [7, 11) is 0. The average Bonchev–Trinajstić information content (AvgIpc) is 3.01. The lowest BCUT2D eigenvalue weighted by molar-refractivity contribution is -0.139. The predicted octanol–water partition coefficient (Wildman–Crippen LogP) is 0.619. The van der Waals surface area contributed by atoms with Gasteiger partial charge in [0, 0.05) is 51.0 Å². The highest BCUT2D eigenvalue weighted by molar-refractivity contribution is 5.94. The van der Waals surface area contributed by atoms with Gasteiger partial charge in [-0.05, 0) is 20.8 Å². The first-order valence-corrected chi connectivity index (χ1v) is 9.30. The Balaban J connectivity index is 1.60. The van der Waals surface area contributed by atoms with Crippen LogP contribution in [0, 0.1) is 6.92 Å². The first kappa shape index (κ1) is 19.4. The fraction of sp³-hybridized carbons (Fsp3) is 0.611. The van der Waals surface area contributed by atoms with E-state index in [0.717, 1.165) is 44.2 Å². The van der Waals surface area contributed by atoms with Crippen LogP contribution in [0.2, 0.25) is 0 Å². The standard InChI is InChI=1S/C18H27N5O4/c1-4-26-17(24)16-13(3)19-18(25)20-15(16)11-23-7-5-22(6-8-23)10-14-9-12(2)27-21-14/h9,13H,4-8,10-11H2,1-3H3,(H2,19,20,25)/t13-/m0/s1. The van der Waals surface area contributed by atoms with E-state index in [-0.39, 0.29) is 18.0 Å². The summed E-state index contributed by atoms with van der Waals surface area (Å²) in [5, 5.41) is 9.55. The van der Waals surface area contributed by atoms with Crippen LogP contribution in [0.15, 0.2) is 21.9 Å². The van der Waals surface area contributed by atoms with Gasteiger partial charge < -0.3 is 19.9 Å². The summed E-state index contributed by atoms with van der Waals surface area (Å²) in [5.41, 5.74) is 2.06. The number of rotatable bonds is 6. The molecule has 3 heterocycles. The van der Waals surface area contributed by atoms with Crippen molar-refractivity contribution in [3.05, 3.63) is 28.8 Å². The Morgan fingerprint density at radius 3 is 2.56 bits per heavy atom. The zero-order valence-corrected chi connectivity index (χ0v) is 16.1. The number of amides is 2. The number of hydrogen-bond acceptors (Lipinski definition) is 7. The van der Waals surface area contributed by atoms with Gasteiger partial charge in [-0.3, -0.25) is 9.80 Å². The zero-order valence-electron chi connectivity index (χ0n) is 16.1. The molecule has 0 radical (unpaired) electrons. The van der Waals surface area contributed by atoms with E-state index in [1.54, 1.807) is 13.8 Å². The van der Waals surface area contributed by atoms with Crippen LogP contribution in [0.25, 0.3) is 0 Å². The fourth-order valence-electron chi connectivity index (χ4n) is 3.45. The minimum Gasteiger partial charge on any atom is -0.463 e. The number of aromatic nitrogens is 1. The zero-order chi connectivity index (χ0) is 19.4. The van der Waals surface area contributed by atoms with Gasteiger partial charge in [0.25, 0.3) is 0 Å². The molecule has 2 aliphatic rings. The van der Waals surface area contributed by atoms with E-state index in [0.29, 0.717) is 24.4 Å². The maximum absolute atomic E-state index is 12.3. The Hall–Kier alpha value is -2.39. The van der Waals surface area contributed by atoms with E-state index in [1.807, 2.05) is 13.0 Å². The molecule has 2 aliphatic heterocycles. The lowest BCUT2D eigenvalue weighted by atomic mass is 10.0. The molecule has 0 aromatic carbocycles. The van der Waals surface area contributed by atoms with Crippen LogP contribution in [-0.4, -0.2) is 72.3 Å². The van der Waals surface area contributed by atoms with Crippen LogP contribution in [0.4, 0.5) is 4.79 Å². The van der Waals surface area contributed by atoms with Gasteiger partial charge in [0.05, 0.1) is 23.9 Å². The molecule has 0 bridgehead atoms. The highest BCUT2D eigenvalue weighted by Gasteiger charge is 2.31. The smallest absolute Gasteiger partial charge is 0.337 e. The van der Waals surface area contributed by atoms with E-state index >= 15 is 0 Å². The van der Waals surface area contributed by atoms with Crippen LogP contribution < -0.4 is 10.6 Å². The van der Waals surface area contributed by atoms with Crippen molar-refractivity contribution < 1.29 is 18.8 Å². The number of aryl methyl sites for hydroxylation is 1. The molecule has 2 amide bonds. The molecule has 0 unspecified atom stereocenters. The van der Waals surface area contributed by atoms with Gasteiger partial charge in [0.1, 0.15) is 5.76 Å². The van der Waals surface area contributed by atoms with E-state index < -0.39 is 0 Å². The summed E-state index contributed by atoms with van der Waals surface area (Å²) in [6.45, 7) is 10.5. The van der Waals surface area contributed by atoms with Gasteiger partial charge in [-0.2, -0.15) is 0 Å². The number of carbonyl (C=O) groups is 2. The Kier molecular flexibility index (Phi) is 6.12. The summed E-state index contributed by atoms with van der Waals surface area (Å²) in [4.78, 5) is 28.7. The molecule has 148 valence electrons. The summed E-state index contributed by atoms with van der Waals surface area (Å²) >= 11 is 0. The number of esters is 1. The number of ether oxygens (including phenoxy) is 1. The van der Waals surface area contributed by atoms with Crippen molar-refractivity contribution in [2.45, 2.75) is 33.4 Å². The minimum absolute atomic E-state index is 0.286. The second kappa shape index (κ2) is 8.53. The van der Waals surface area contributed by atoms with Gasteiger partial charge in [-0.25, -0.2) is 9.59 Å². The molecule has 3 rings (SSSR count). The molecule has 0 saturated carbocycles. The van der Waals surface area contributed by atoms with Crippen molar-refractivity contribution in [3.8, 4) is 0 Å². The highest BCUT2D eigenvalue weighted by atomic mass is 16.5. The van der Waals surface area contributed by atoms with Crippen molar-refractivity contribution in [2.75, 3.05) is 39.3 Å². The molecule has 1 aromatic heterocycles. The van der Waals surface area contributed by atoms with Crippen molar-refractivity contribution in [2.24, 2.45) is 0 Å². The molecule has 1 atom stereocenters. The number of hydrogen-bond donors (Lipinski definition) is 2. The minimum atomic E-state index is -0.382. The Morgan fingerprint density at radius 1 is 1.30 bits per heavy atom. The normalized spacial score (nSPS) is 21.7. The Morgan fingerprint density at radius 2 is 1.96 bits per heavy atom. The molecule has 1 saturated heterocycles. The number of piperazine rings is 1. The second-order valence-corrected chi connectivity index (χ2v) is 6.91. The summed E-state index contributed by atoms with van der Waals surface area (Å²) in [6.07, 6.45) is 0. The van der Waals surface area contributed by atoms with Gasteiger partial charge in [-0.15, -0.1) is 0 Å². The van der Waals surface area contributed by atoms with Gasteiger partial charge in [0.15, 0.2) is 0 Å². The van der Waals surface area contributed by atoms with Crippen LogP contribution in [0.1, 0.15) is 25.3 Å². The van der Waals surface area contributed by atoms with Crippen LogP contribution in [0.3, 0.4) is 0 Å². The molecule has 9 nitrogen and oxygen atoms in total. The van der Waals surface area contributed by atoms with Crippen LogP contribution in [-0.2, 0) is 16.1 Å². The van der Waals surface area contributed by atoms with Gasteiger partial charge >= 0.3 is 12.0 Å². The molecule has 0 aliphatic carbocycles. The average molecular weight is 377 g/mol. The monoisotopic (exact) mass is 377 g/mol. The maximum Gasteiger partial charge on any atom is 0.337 e. The Bertz CT molecular complexity index is 721. The third kappa shape index (κ3) is 4.86. The van der Waals surface area contributed by atoms with E-state index in [2.05, 4.69) is 25.6 Å². The molecule has 1 aromatic rings. The summed E-state index contributed by atoms with van der Waals surface area (Å²) < 4.78 is 10.3. The molecule has 9 heteroatoms. The molecule has 27 heavy (non-hydrogen) atoms. The van der Waals surface area contributed by atoms with E-state index in [1.165, 1.54) is 0 Å². The van der Waals surface area contributed by atoms with Gasteiger partial charge in [0.2, 0.25) is 0 Å². The highest BCUT2D eigenvalue weighted by Crippen LogP contribution is 2.17. The number of nitrogens with one attached hydrogen (secondary N) is 2. The quantitative estimate of drug-likeness (QED) is 0.701. The topological polar surface area (TPSA) is 99.9 Å². The maximum atomic E-state index is 12.3. The lowest BCUT2D eigenvalue weighted by Gasteiger charge is -2.36. The number of nitrogens with zero attached hydrogens (tertiary/aromatic N) is 3. The van der Waals surface area contributed by atoms with Gasteiger partial charge in [-0.1, -0.05) is 5.16 Å². The van der Waals surface area contributed by atoms with Crippen molar-refractivity contribution >= 4 is 12.0 Å². The lowest BCUT2D eigenvalue weighted by Crippen LogP contribution is -2.53. The molecule has 2 N–H and O–H groups in total. The molecular weight excluding hydrogens is 350 g/mol. The third-order valence-electron chi connectivity index (χ3n) is 4.77. The van der Waals surface area contributed by atoms with Crippen LogP contribution in [0.5, 0.6) is 0 Å². The second-order valence-electron chi connectivity index (χ2n) is 6.91. The SMILES string of the molecule is CCOC(=O)C1=C(CN2CCN(Cc3cc(C)on3)CC2)NC(=O)N[C@H]1C. The summed E-state index contributed by atoms with van der Waals surface area (Å²) in [6, 6.07) is 1.30. The number of urea groups is 1. The third-order valence-corrected chi connectivity index (χ3v) is 4.77.